The molecule has 0 spiro atoms. The van der Waals surface area contributed by atoms with Crippen molar-refractivity contribution >= 4 is 35.1 Å². The molecule has 4 aliphatic carbocycles. The lowest BCUT2D eigenvalue weighted by molar-refractivity contribution is -0.202. The van der Waals surface area contributed by atoms with E-state index in [9.17, 15) is 24.3 Å². The number of carbonyl (C=O) groups excluding carboxylic acids is 4. The van der Waals surface area contributed by atoms with Gasteiger partial charge in [0.05, 0.1) is 11.0 Å². The number of esters is 2. The van der Waals surface area contributed by atoms with Crippen molar-refractivity contribution in [2.45, 2.75) is 89.7 Å². The Labute approximate surface area is 217 Å². The minimum atomic E-state index is -1.55. The largest absolute Gasteiger partial charge is 0.457 e. The van der Waals surface area contributed by atoms with Crippen LogP contribution in [0.25, 0.3) is 0 Å². The summed E-state index contributed by atoms with van der Waals surface area (Å²) in [6.07, 6.45) is 6.16. The van der Waals surface area contributed by atoms with Gasteiger partial charge in [-0.2, -0.15) is 0 Å². The molecule has 0 aromatic rings. The topological polar surface area (TPSA) is 107 Å². The lowest BCUT2D eigenvalue weighted by Gasteiger charge is -2.63. The second-order valence-corrected chi connectivity index (χ2v) is 12.0. The van der Waals surface area contributed by atoms with Gasteiger partial charge in [0.15, 0.2) is 18.0 Å². The first-order valence-corrected chi connectivity index (χ1v) is 13.4. The SMILES string of the molecule is CCC(=O)OCC(=O)C1(OC(=O)CC)C(C)CC2C3CC=C4CC(=O)C=CC4(C)C3(Cl)C(O)CC21C. The van der Waals surface area contributed by atoms with Crippen molar-refractivity contribution < 1.29 is 33.8 Å². The van der Waals surface area contributed by atoms with Gasteiger partial charge < -0.3 is 14.6 Å². The highest BCUT2D eigenvalue weighted by atomic mass is 35.5. The van der Waals surface area contributed by atoms with Gasteiger partial charge in [-0.1, -0.05) is 52.3 Å². The summed E-state index contributed by atoms with van der Waals surface area (Å²) in [4.78, 5) is 49.5. The number of allylic oxidation sites excluding steroid dienone is 4. The maximum Gasteiger partial charge on any atom is 0.306 e. The van der Waals surface area contributed by atoms with Crippen LogP contribution in [-0.2, 0) is 28.7 Å². The number of ketones is 2. The summed E-state index contributed by atoms with van der Waals surface area (Å²) in [7, 11) is 0. The van der Waals surface area contributed by atoms with Gasteiger partial charge in [0, 0.05) is 36.0 Å². The number of carbonyl (C=O) groups is 4. The van der Waals surface area contributed by atoms with Crippen molar-refractivity contribution in [1.29, 1.82) is 0 Å². The molecule has 0 aliphatic heterocycles. The number of alkyl halides is 1. The molecule has 0 radical (unpaired) electrons. The molecule has 1 N–H and O–H groups in total. The Kier molecular flexibility index (Phi) is 6.83. The van der Waals surface area contributed by atoms with Crippen molar-refractivity contribution in [3.05, 3.63) is 23.8 Å². The summed E-state index contributed by atoms with van der Waals surface area (Å²) in [5.41, 5.74) is -2.28. The number of hydrogen-bond acceptors (Lipinski definition) is 7. The van der Waals surface area contributed by atoms with E-state index in [1.807, 2.05) is 26.8 Å². The maximum absolute atomic E-state index is 13.9. The van der Waals surface area contributed by atoms with E-state index in [2.05, 4.69) is 6.08 Å². The zero-order valence-electron chi connectivity index (χ0n) is 21.8. The zero-order chi connectivity index (χ0) is 26.7. The lowest BCUT2D eigenvalue weighted by Crippen LogP contribution is -2.69. The molecule has 4 rings (SSSR count). The minimum absolute atomic E-state index is 0.0137. The highest BCUT2D eigenvalue weighted by molar-refractivity contribution is 6.26. The Morgan fingerprint density at radius 1 is 1.14 bits per heavy atom. The van der Waals surface area contributed by atoms with Crippen molar-refractivity contribution in [3.8, 4) is 0 Å². The Hall–Kier alpha value is -1.99. The van der Waals surface area contributed by atoms with Gasteiger partial charge in [-0.05, 0) is 37.2 Å². The van der Waals surface area contributed by atoms with Gasteiger partial charge in [0.25, 0.3) is 0 Å². The normalized spacial score (nSPS) is 43.1. The molecule has 7 nitrogen and oxygen atoms in total. The molecule has 8 atom stereocenters. The molecule has 2 fully saturated rings. The Bertz CT molecular complexity index is 1050. The first-order valence-electron chi connectivity index (χ1n) is 13.0. The van der Waals surface area contributed by atoms with E-state index in [1.54, 1.807) is 19.9 Å². The molecule has 0 heterocycles. The van der Waals surface area contributed by atoms with Crippen LogP contribution in [0.15, 0.2) is 23.8 Å². The molecule has 0 aromatic heterocycles. The van der Waals surface area contributed by atoms with Crippen LogP contribution in [0.3, 0.4) is 0 Å². The second kappa shape index (κ2) is 9.09. The van der Waals surface area contributed by atoms with Crippen LogP contribution in [0.1, 0.15) is 73.1 Å². The number of hydrogen-bond donors (Lipinski definition) is 1. The van der Waals surface area contributed by atoms with Gasteiger partial charge >= 0.3 is 11.9 Å². The highest BCUT2D eigenvalue weighted by Gasteiger charge is 2.76. The summed E-state index contributed by atoms with van der Waals surface area (Å²) >= 11 is 7.48. The van der Waals surface area contributed by atoms with Crippen molar-refractivity contribution in [2.24, 2.45) is 28.6 Å². The van der Waals surface area contributed by atoms with Gasteiger partial charge in [-0.3, -0.25) is 19.2 Å². The van der Waals surface area contributed by atoms with E-state index in [4.69, 9.17) is 21.1 Å². The van der Waals surface area contributed by atoms with E-state index in [-0.39, 0.29) is 49.2 Å². The van der Waals surface area contributed by atoms with Gasteiger partial charge in [-0.15, -0.1) is 11.6 Å². The third-order valence-electron chi connectivity index (χ3n) is 9.78. The average Bonchev–Trinajstić information content (AvgIpc) is 3.05. The number of Topliss-reactive ketones (excluding diaryl/α,β-unsaturated/α-hetero) is 1. The quantitative estimate of drug-likeness (QED) is 0.319. The average molecular weight is 521 g/mol. The van der Waals surface area contributed by atoms with Crippen LogP contribution in [0, 0.1) is 28.6 Å². The predicted molar refractivity (Wildman–Crippen MR) is 133 cm³/mol. The summed E-state index contributed by atoms with van der Waals surface area (Å²) in [5, 5.41) is 11.8. The zero-order valence-corrected chi connectivity index (χ0v) is 22.5. The number of aliphatic hydroxyl groups is 1. The second-order valence-electron chi connectivity index (χ2n) is 11.4. The molecular formula is C28H37ClO7. The lowest BCUT2D eigenvalue weighted by atomic mass is 9.46. The number of ether oxygens (including phenoxy) is 2. The molecule has 0 bridgehead atoms. The molecule has 0 amide bonds. The third-order valence-corrected chi connectivity index (χ3v) is 10.7. The first-order chi connectivity index (χ1) is 16.8. The van der Waals surface area contributed by atoms with Gasteiger partial charge in [0.1, 0.15) is 0 Å². The summed E-state index contributed by atoms with van der Waals surface area (Å²) < 4.78 is 11.3. The van der Waals surface area contributed by atoms with Crippen LogP contribution in [-0.4, -0.2) is 51.8 Å². The predicted octanol–water partition coefficient (Wildman–Crippen LogP) is 4.09. The Balaban J connectivity index is 1.81. The molecule has 2 saturated carbocycles. The Morgan fingerprint density at radius 2 is 1.81 bits per heavy atom. The van der Waals surface area contributed by atoms with E-state index < -0.39 is 51.7 Å². The van der Waals surface area contributed by atoms with Gasteiger partial charge in [0.2, 0.25) is 5.78 Å². The van der Waals surface area contributed by atoms with E-state index in [1.165, 1.54) is 0 Å². The van der Waals surface area contributed by atoms with Crippen LogP contribution in [0.2, 0.25) is 0 Å². The number of rotatable bonds is 6. The van der Waals surface area contributed by atoms with Crippen LogP contribution >= 0.6 is 11.6 Å². The number of halogens is 1. The fourth-order valence-corrected chi connectivity index (χ4v) is 8.41. The molecule has 0 saturated heterocycles. The molecule has 8 unspecified atom stereocenters. The summed E-state index contributed by atoms with van der Waals surface area (Å²) in [6, 6.07) is 0. The fourth-order valence-electron chi connectivity index (χ4n) is 7.91. The standard InChI is InChI=1S/C28H37ClO7/c1-6-23(33)35-15-22(32)28(36-24(34)7-2)16(3)12-20-19-9-8-17-13-18(30)10-11-25(17,4)27(19,29)21(31)14-26(20,28)5/h8,10-11,16,19-21,31H,6-7,9,12-15H2,1-5H3. The summed E-state index contributed by atoms with van der Waals surface area (Å²) in [5.74, 6) is -2.21. The number of fused-ring (bicyclic) bond motifs is 5. The molecule has 8 heteroatoms. The van der Waals surface area contributed by atoms with Crippen molar-refractivity contribution in [3.63, 3.8) is 0 Å². The third kappa shape index (κ3) is 3.48. The molecule has 0 aromatic carbocycles. The molecule has 198 valence electrons. The van der Waals surface area contributed by atoms with Crippen LogP contribution in [0.4, 0.5) is 0 Å². The Morgan fingerprint density at radius 3 is 2.44 bits per heavy atom. The number of aliphatic hydroxyl groups excluding tert-OH is 1. The first kappa shape index (κ1) is 27.1. The van der Waals surface area contributed by atoms with Gasteiger partial charge in [-0.25, -0.2) is 0 Å². The van der Waals surface area contributed by atoms with E-state index in [0.717, 1.165) is 5.57 Å². The van der Waals surface area contributed by atoms with E-state index in [0.29, 0.717) is 12.8 Å². The summed E-state index contributed by atoms with van der Waals surface area (Å²) in [6.45, 7) is 8.60. The fraction of sp³-hybridized carbons (Fsp3) is 0.714. The highest BCUT2D eigenvalue weighted by Crippen LogP contribution is 2.71. The monoisotopic (exact) mass is 520 g/mol. The minimum Gasteiger partial charge on any atom is -0.457 e. The molecule has 36 heavy (non-hydrogen) atoms. The van der Waals surface area contributed by atoms with Crippen LogP contribution in [0.5, 0.6) is 0 Å². The molecular weight excluding hydrogens is 484 g/mol. The van der Waals surface area contributed by atoms with Crippen molar-refractivity contribution in [2.75, 3.05) is 6.61 Å². The smallest absolute Gasteiger partial charge is 0.306 e. The van der Waals surface area contributed by atoms with Crippen LogP contribution < -0.4 is 0 Å². The van der Waals surface area contributed by atoms with Crippen molar-refractivity contribution in [1.82, 2.24) is 0 Å². The van der Waals surface area contributed by atoms with E-state index >= 15 is 0 Å². The maximum atomic E-state index is 13.9. The molecule has 4 aliphatic rings.